The Labute approximate surface area is 115 Å². The van der Waals surface area contributed by atoms with Crippen molar-refractivity contribution in [1.82, 2.24) is 5.32 Å². The number of anilines is 1. The highest BCUT2D eigenvalue weighted by molar-refractivity contribution is 5.51. The van der Waals surface area contributed by atoms with Crippen molar-refractivity contribution in [2.75, 3.05) is 37.7 Å². The highest BCUT2D eigenvalue weighted by Crippen LogP contribution is 2.27. The van der Waals surface area contributed by atoms with E-state index in [1.165, 1.54) is 31.4 Å². The van der Waals surface area contributed by atoms with E-state index in [4.69, 9.17) is 4.74 Å². The third-order valence-corrected chi connectivity index (χ3v) is 4.26. The lowest BCUT2D eigenvalue weighted by Crippen LogP contribution is -2.43. The molecule has 1 saturated heterocycles. The summed E-state index contributed by atoms with van der Waals surface area (Å²) in [5.41, 5.74) is 1.30. The van der Waals surface area contributed by atoms with Crippen molar-refractivity contribution in [3.8, 4) is 5.75 Å². The molecule has 2 fully saturated rings. The van der Waals surface area contributed by atoms with E-state index >= 15 is 0 Å². The van der Waals surface area contributed by atoms with E-state index in [2.05, 4.69) is 34.5 Å². The number of hydrogen-bond donors (Lipinski definition) is 1. The minimum Gasteiger partial charge on any atom is -0.493 e. The predicted molar refractivity (Wildman–Crippen MR) is 79.0 cm³/mol. The fourth-order valence-corrected chi connectivity index (χ4v) is 3.08. The minimum atomic E-state index is 0.780. The Morgan fingerprint density at radius 1 is 1.16 bits per heavy atom. The molecule has 3 heteroatoms. The monoisotopic (exact) mass is 260 g/mol. The van der Waals surface area contributed by atoms with E-state index in [-0.39, 0.29) is 0 Å². The fraction of sp³-hybridized carbons (Fsp3) is 0.625. The molecular weight excluding hydrogens is 236 g/mol. The van der Waals surface area contributed by atoms with Crippen LogP contribution >= 0.6 is 0 Å². The second-order valence-electron chi connectivity index (χ2n) is 5.70. The molecule has 19 heavy (non-hydrogen) atoms. The molecule has 0 amide bonds. The maximum Gasteiger partial charge on any atom is 0.121 e. The lowest BCUT2D eigenvalue weighted by molar-refractivity contribution is 0.252. The van der Waals surface area contributed by atoms with Gasteiger partial charge in [-0.15, -0.1) is 0 Å². The van der Waals surface area contributed by atoms with Gasteiger partial charge in [-0.25, -0.2) is 0 Å². The van der Waals surface area contributed by atoms with Gasteiger partial charge in [0.05, 0.1) is 6.61 Å². The summed E-state index contributed by atoms with van der Waals surface area (Å²) in [5.74, 6) is 1.81. The Hall–Kier alpha value is -1.22. The van der Waals surface area contributed by atoms with Gasteiger partial charge in [-0.05, 0) is 30.9 Å². The first-order valence-corrected chi connectivity index (χ1v) is 7.60. The third-order valence-electron chi connectivity index (χ3n) is 4.26. The van der Waals surface area contributed by atoms with Gasteiger partial charge >= 0.3 is 0 Å². The number of nitrogens with zero attached hydrogens (tertiary/aromatic N) is 1. The van der Waals surface area contributed by atoms with Crippen LogP contribution in [0.25, 0.3) is 0 Å². The van der Waals surface area contributed by atoms with E-state index in [1.807, 2.05) is 0 Å². The lowest BCUT2D eigenvalue weighted by atomic mass is 10.1. The van der Waals surface area contributed by atoms with Gasteiger partial charge < -0.3 is 15.0 Å². The summed E-state index contributed by atoms with van der Waals surface area (Å²) in [5, 5.41) is 3.39. The highest BCUT2D eigenvalue weighted by Gasteiger charge is 2.16. The first kappa shape index (κ1) is 12.8. The number of hydrogen-bond acceptors (Lipinski definition) is 3. The number of nitrogens with one attached hydrogen (secondary N) is 1. The van der Waals surface area contributed by atoms with Crippen LogP contribution in [-0.2, 0) is 0 Å². The molecular formula is C16H24N2O. The van der Waals surface area contributed by atoms with Crippen LogP contribution in [-0.4, -0.2) is 32.8 Å². The van der Waals surface area contributed by atoms with Crippen LogP contribution in [0.5, 0.6) is 5.75 Å². The quantitative estimate of drug-likeness (QED) is 0.901. The first-order valence-electron chi connectivity index (χ1n) is 7.60. The van der Waals surface area contributed by atoms with Crippen LogP contribution in [0, 0.1) is 5.92 Å². The second kappa shape index (κ2) is 6.29. The summed E-state index contributed by atoms with van der Waals surface area (Å²) in [6.45, 7) is 5.23. The Morgan fingerprint density at radius 3 is 2.74 bits per heavy atom. The fourth-order valence-electron chi connectivity index (χ4n) is 3.08. The predicted octanol–water partition coefficient (Wildman–Crippen LogP) is 2.67. The van der Waals surface area contributed by atoms with Crippen LogP contribution in [0.4, 0.5) is 5.69 Å². The van der Waals surface area contributed by atoms with E-state index in [9.17, 15) is 0 Å². The Kier molecular flexibility index (Phi) is 4.23. The van der Waals surface area contributed by atoms with Gasteiger partial charge in [-0.2, -0.15) is 0 Å². The van der Waals surface area contributed by atoms with Crippen LogP contribution in [0.15, 0.2) is 24.3 Å². The molecule has 1 heterocycles. The highest BCUT2D eigenvalue weighted by atomic mass is 16.5. The van der Waals surface area contributed by atoms with E-state index in [1.54, 1.807) is 0 Å². The Balaban J connectivity index is 1.58. The molecule has 0 spiro atoms. The van der Waals surface area contributed by atoms with Gasteiger partial charge in [-0.3, -0.25) is 0 Å². The number of piperazine rings is 1. The van der Waals surface area contributed by atoms with Gasteiger partial charge in [0.2, 0.25) is 0 Å². The van der Waals surface area contributed by atoms with Crippen molar-refractivity contribution in [3.05, 3.63) is 24.3 Å². The topological polar surface area (TPSA) is 24.5 Å². The molecule has 2 aliphatic rings. The van der Waals surface area contributed by atoms with Crippen LogP contribution in [0.3, 0.4) is 0 Å². The average molecular weight is 260 g/mol. The first-order chi connectivity index (χ1) is 9.42. The molecule has 1 aromatic rings. The van der Waals surface area contributed by atoms with Gasteiger partial charge in [0.1, 0.15) is 5.75 Å². The molecule has 0 bridgehead atoms. The zero-order valence-electron chi connectivity index (χ0n) is 11.6. The summed E-state index contributed by atoms with van der Waals surface area (Å²) < 4.78 is 5.98. The van der Waals surface area contributed by atoms with Crippen LogP contribution in [0.1, 0.15) is 25.7 Å². The Morgan fingerprint density at radius 2 is 1.95 bits per heavy atom. The Bertz CT molecular complexity index is 395. The van der Waals surface area contributed by atoms with Gasteiger partial charge in [0.15, 0.2) is 0 Å². The zero-order valence-corrected chi connectivity index (χ0v) is 11.6. The number of rotatable bonds is 4. The van der Waals surface area contributed by atoms with E-state index in [0.717, 1.165) is 44.5 Å². The summed E-state index contributed by atoms with van der Waals surface area (Å²) in [6.07, 6.45) is 5.46. The summed E-state index contributed by atoms with van der Waals surface area (Å²) in [7, 11) is 0. The molecule has 104 valence electrons. The summed E-state index contributed by atoms with van der Waals surface area (Å²) in [6, 6.07) is 8.58. The van der Waals surface area contributed by atoms with Crippen molar-refractivity contribution in [2.24, 2.45) is 5.92 Å². The second-order valence-corrected chi connectivity index (χ2v) is 5.70. The van der Waals surface area contributed by atoms with Crippen molar-refractivity contribution in [2.45, 2.75) is 25.7 Å². The van der Waals surface area contributed by atoms with Crippen molar-refractivity contribution in [1.29, 1.82) is 0 Å². The molecule has 1 saturated carbocycles. The molecule has 1 aliphatic heterocycles. The largest absolute Gasteiger partial charge is 0.493 e. The molecule has 0 aromatic heterocycles. The normalized spacial score (nSPS) is 20.7. The molecule has 0 unspecified atom stereocenters. The van der Waals surface area contributed by atoms with Crippen molar-refractivity contribution >= 4 is 5.69 Å². The van der Waals surface area contributed by atoms with Gasteiger partial charge in [-0.1, -0.05) is 18.9 Å². The lowest BCUT2D eigenvalue weighted by Gasteiger charge is -2.29. The molecule has 1 N–H and O–H groups in total. The molecule has 1 aromatic carbocycles. The van der Waals surface area contributed by atoms with Crippen LogP contribution < -0.4 is 15.0 Å². The minimum absolute atomic E-state index is 0.780. The van der Waals surface area contributed by atoms with Crippen LogP contribution in [0.2, 0.25) is 0 Å². The van der Waals surface area contributed by atoms with Crippen molar-refractivity contribution in [3.63, 3.8) is 0 Å². The average Bonchev–Trinajstić information content (AvgIpc) is 3.00. The number of ether oxygens (including phenoxy) is 1. The third kappa shape index (κ3) is 3.41. The van der Waals surface area contributed by atoms with Gasteiger partial charge in [0, 0.05) is 37.9 Å². The molecule has 3 nitrogen and oxygen atoms in total. The van der Waals surface area contributed by atoms with E-state index in [0.29, 0.717) is 0 Å². The maximum absolute atomic E-state index is 5.98. The van der Waals surface area contributed by atoms with Crippen molar-refractivity contribution < 1.29 is 4.74 Å². The molecule has 0 radical (unpaired) electrons. The van der Waals surface area contributed by atoms with E-state index < -0.39 is 0 Å². The maximum atomic E-state index is 5.98. The molecule has 3 rings (SSSR count). The smallest absolute Gasteiger partial charge is 0.121 e. The molecule has 0 atom stereocenters. The zero-order chi connectivity index (χ0) is 12.9. The van der Waals surface area contributed by atoms with Gasteiger partial charge in [0.25, 0.3) is 0 Å². The summed E-state index contributed by atoms with van der Waals surface area (Å²) in [4.78, 5) is 2.43. The SMILES string of the molecule is c1cc(OCC2CCCC2)cc(N2CCNCC2)c1. The number of benzene rings is 1. The molecule has 1 aliphatic carbocycles. The standard InChI is InChI=1S/C16H24N2O/c1-2-5-14(4-1)13-19-16-7-3-6-15(12-16)18-10-8-17-9-11-18/h3,6-7,12,14,17H,1-2,4-5,8-11,13H2. The summed E-state index contributed by atoms with van der Waals surface area (Å²) >= 11 is 0.